The number of hydrogen-bond acceptors (Lipinski definition) is 4. The molecule has 2 N–H and O–H groups in total. The third kappa shape index (κ3) is 3.39. The van der Waals surface area contributed by atoms with Gasteiger partial charge in [0, 0.05) is 24.6 Å². The molecular weight excluding hydrogens is 254 g/mol. The van der Waals surface area contributed by atoms with Crippen LogP contribution in [0.3, 0.4) is 0 Å². The first-order valence-electron chi connectivity index (χ1n) is 7.63. The summed E-state index contributed by atoms with van der Waals surface area (Å²) in [5.74, 6) is 1.03. The van der Waals surface area contributed by atoms with Gasteiger partial charge in [0.05, 0.1) is 5.69 Å². The molecule has 0 saturated carbocycles. The molecule has 1 aliphatic heterocycles. The van der Waals surface area contributed by atoms with Gasteiger partial charge in [-0.1, -0.05) is 25.9 Å². The summed E-state index contributed by atoms with van der Waals surface area (Å²) in [6, 6.07) is 1.95. The van der Waals surface area contributed by atoms with Gasteiger partial charge >= 0.3 is 0 Å². The maximum absolute atomic E-state index is 12.2. The standard InChI is InChI=1S/C15H25N3O2/c1-4-11(5-2)12-8-14(20-18-12)15(19)17-13-9-16-7-6-10(13)3/h8,10-11,13,16H,4-7,9H2,1-3H3,(H,17,19). The van der Waals surface area contributed by atoms with Crippen LogP contribution in [0.2, 0.25) is 0 Å². The van der Waals surface area contributed by atoms with Crippen molar-refractivity contribution in [3.05, 3.63) is 17.5 Å². The van der Waals surface area contributed by atoms with Crippen molar-refractivity contribution in [3.63, 3.8) is 0 Å². The van der Waals surface area contributed by atoms with Crippen molar-refractivity contribution in [3.8, 4) is 0 Å². The van der Waals surface area contributed by atoms with E-state index in [9.17, 15) is 4.79 Å². The summed E-state index contributed by atoms with van der Waals surface area (Å²) in [7, 11) is 0. The van der Waals surface area contributed by atoms with Crippen LogP contribution in [0.15, 0.2) is 10.6 Å². The second-order valence-electron chi connectivity index (χ2n) is 5.68. The van der Waals surface area contributed by atoms with E-state index in [0.717, 1.165) is 38.0 Å². The number of carbonyl (C=O) groups is 1. The molecule has 2 atom stereocenters. The quantitative estimate of drug-likeness (QED) is 0.868. The van der Waals surface area contributed by atoms with Crippen LogP contribution in [0.4, 0.5) is 0 Å². The highest BCUT2D eigenvalue weighted by molar-refractivity contribution is 5.91. The van der Waals surface area contributed by atoms with Gasteiger partial charge in [-0.25, -0.2) is 0 Å². The van der Waals surface area contributed by atoms with Gasteiger partial charge in [-0.05, 0) is 31.7 Å². The van der Waals surface area contributed by atoms with Crippen molar-refractivity contribution < 1.29 is 9.32 Å². The molecule has 1 aliphatic rings. The van der Waals surface area contributed by atoms with Crippen molar-refractivity contribution in [1.29, 1.82) is 0 Å². The van der Waals surface area contributed by atoms with Gasteiger partial charge in [-0.15, -0.1) is 0 Å². The molecule has 2 rings (SSSR count). The summed E-state index contributed by atoms with van der Waals surface area (Å²) >= 11 is 0. The third-order valence-corrected chi connectivity index (χ3v) is 4.30. The second kappa shape index (κ2) is 6.88. The Hall–Kier alpha value is -1.36. The molecule has 1 aromatic rings. The van der Waals surface area contributed by atoms with Gasteiger partial charge < -0.3 is 15.2 Å². The molecule has 1 saturated heterocycles. The van der Waals surface area contributed by atoms with E-state index in [2.05, 4.69) is 36.6 Å². The molecule has 2 unspecified atom stereocenters. The maximum Gasteiger partial charge on any atom is 0.290 e. The predicted octanol–water partition coefficient (Wildman–Crippen LogP) is 2.31. The lowest BCUT2D eigenvalue weighted by molar-refractivity contribution is 0.0877. The zero-order valence-electron chi connectivity index (χ0n) is 12.6. The Kier molecular flexibility index (Phi) is 5.17. The maximum atomic E-state index is 12.2. The number of rotatable bonds is 5. The minimum absolute atomic E-state index is 0.157. The SMILES string of the molecule is CCC(CC)c1cc(C(=O)NC2CNCCC2C)on1. The van der Waals surface area contributed by atoms with Crippen molar-refractivity contribution in [1.82, 2.24) is 15.8 Å². The van der Waals surface area contributed by atoms with E-state index in [0.29, 0.717) is 17.6 Å². The number of nitrogens with one attached hydrogen (secondary N) is 2. The number of piperidine rings is 1. The van der Waals surface area contributed by atoms with E-state index < -0.39 is 0 Å². The third-order valence-electron chi connectivity index (χ3n) is 4.30. The number of hydrogen-bond donors (Lipinski definition) is 2. The molecule has 5 nitrogen and oxygen atoms in total. The lowest BCUT2D eigenvalue weighted by atomic mass is 9.94. The molecule has 5 heteroatoms. The molecule has 0 aliphatic carbocycles. The van der Waals surface area contributed by atoms with E-state index in [-0.39, 0.29) is 11.9 Å². The Morgan fingerprint density at radius 1 is 1.55 bits per heavy atom. The van der Waals surface area contributed by atoms with Crippen molar-refractivity contribution in [2.75, 3.05) is 13.1 Å². The van der Waals surface area contributed by atoms with E-state index in [4.69, 9.17) is 4.52 Å². The number of amides is 1. The summed E-state index contributed by atoms with van der Waals surface area (Å²) in [5.41, 5.74) is 0.884. The smallest absolute Gasteiger partial charge is 0.290 e. The van der Waals surface area contributed by atoms with E-state index in [1.807, 2.05) is 0 Å². The molecule has 0 spiro atoms. The molecule has 2 heterocycles. The van der Waals surface area contributed by atoms with Crippen LogP contribution in [-0.4, -0.2) is 30.2 Å². The Bertz CT molecular complexity index is 440. The van der Waals surface area contributed by atoms with Gasteiger partial charge in [-0.2, -0.15) is 0 Å². The van der Waals surface area contributed by atoms with Gasteiger partial charge in [0.2, 0.25) is 5.76 Å². The molecule has 0 bridgehead atoms. The van der Waals surface area contributed by atoms with Crippen LogP contribution < -0.4 is 10.6 Å². The Balaban J connectivity index is 1.98. The topological polar surface area (TPSA) is 67.2 Å². The van der Waals surface area contributed by atoms with E-state index >= 15 is 0 Å². The highest BCUT2D eigenvalue weighted by Crippen LogP contribution is 2.22. The van der Waals surface area contributed by atoms with Gasteiger partial charge in [0.25, 0.3) is 5.91 Å². The molecule has 112 valence electrons. The number of nitrogens with zero attached hydrogens (tertiary/aromatic N) is 1. The van der Waals surface area contributed by atoms with Gasteiger partial charge in [0.15, 0.2) is 0 Å². The normalized spacial score (nSPS) is 23.0. The fourth-order valence-electron chi connectivity index (χ4n) is 2.72. The lowest BCUT2D eigenvalue weighted by Crippen LogP contribution is -2.50. The minimum atomic E-state index is -0.157. The molecule has 20 heavy (non-hydrogen) atoms. The summed E-state index contributed by atoms with van der Waals surface area (Å²) in [4.78, 5) is 12.2. The predicted molar refractivity (Wildman–Crippen MR) is 77.7 cm³/mol. The largest absolute Gasteiger partial charge is 0.351 e. The summed E-state index contributed by atoms with van der Waals surface area (Å²) in [6.45, 7) is 8.26. The number of carbonyl (C=O) groups excluding carboxylic acids is 1. The highest BCUT2D eigenvalue weighted by atomic mass is 16.5. The zero-order valence-corrected chi connectivity index (χ0v) is 12.6. The Morgan fingerprint density at radius 3 is 2.95 bits per heavy atom. The fourth-order valence-corrected chi connectivity index (χ4v) is 2.72. The molecule has 0 radical (unpaired) electrons. The first-order valence-corrected chi connectivity index (χ1v) is 7.63. The molecule has 1 amide bonds. The van der Waals surface area contributed by atoms with Crippen LogP contribution in [0, 0.1) is 5.92 Å². The molecule has 0 aromatic carbocycles. The monoisotopic (exact) mass is 279 g/mol. The van der Waals surface area contributed by atoms with Crippen molar-refractivity contribution in [2.45, 2.75) is 52.0 Å². The van der Waals surface area contributed by atoms with Crippen molar-refractivity contribution in [2.24, 2.45) is 5.92 Å². The lowest BCUT2D eigenvalue weighted by Gasteiger charge is -2.29. The van der Waals surface area contributed by atoms with Crippen molar-refractivity contribution >= 4 is 5.91 Å². The van der Waals surface area contributed by atoms with Gasteiger partial charge in [0.1, 0.15) is 0 Å². The van der Waals surface area contributed by atoms with Crippen LogP contribution in [0.1, 0.15) is 62.2 Å². The minimum Gasteiger partial charge on any atom is -0.351 e. The first-order chi connectivity index (χ1) is 9.65. The Labute approximate surface area is 120 Å². The summed E-state index contributed by atoms with van der Waals surface area (Å²) < 4.78 is 5.21. The highest BCUT2D eigenvalue weighted by Gasteiger charge is 2.25. The first kappa shape index (κ1) is 15.0. The average Bonchev–Trinajstić information content (AvgIpc) is 2.92. The Morgan fingerprint density at radius 2 is 2.30 bits per heavy atom. The summed E-state index contributed by atoms with van der Waals surface area (Å²) in [6.07, 6.45) is 3.10. The second-order valence-corrected chi connectivity index (χ2v) is 5.68. The van der Waals surface area contributed by atoms with E-state index in [1.165, 1.54) is 0 Å². The zero-order chi connectivity index (χ0) is 14.5. The fraction of sp³-hybridized carbons (Fsp3) is 0.733. The van der Waals surface area contributed by atoms with Crippen LogP contribution >= 0.6 is 0 Å². The van der Waals surface area contributed by atoms with Crippen LogP contribution in [-0.2, 0) is 0 Å². The van der Waals surface area contributed by atoms with Gasteiger partial charge in [-0.3, -0.25) is 4.79 Å². The number of aromatic nitrogens is 1. The van der Waals surface area contributed by atoms with E-state index in [1.54, 1.807) is 6.07 Å². The molecular formula is C15H25N3O2. The summed E-state index contributed by atoms with van der Waals surface area (Å²) in [5, 5.41) is 10.4. The van der Waals surface area contributed by atoms with Crippen LogP contribution in [0.25, 0.3) is 0 Å². The van der Waals surface area contributed by atoms with Crippen LogP contribution in [0.5, 0.6) is 0 Å². The molecule has 1 fully saturated rings. The molecule has 1 aromatic heterocycles. The average molecular weight is 279 g/mol.